The number of phosphoric acid groups is 2. The molecule has 600 valence electrons. The second-order valence-corrected chi connectivity index (χ2v) is 33.4. The van der Waals surface area contributed by atoms with Crippen LogP contribution in [0.3, 0.4) is 0 Å². The van der Waals surface area contributed by atoms with Crippen LogP contribution < -0.4 is 0 Å². The number of aliphatic hydroxyl groups is 1. The van der Waals surface area contributed by atoms with Crippen molar-refractivity contribution in [3.63, 3.8) is 0 Å². The fourth-order valence-corrected chi connectivity index (χ4v) is 14.3. The van der Waals surface area contributed by atoms with E-state index in [0.29, 0.717) is 25.7 Å². The van der Waals surface area contributed by atoms with Crippen LogP contribution >= 0.6 is 15.6 Å². The van der Waals surface area contributed by atoms with E-state index in [4.69, 9.17) is 37.0 Å². The molecule has 0 amide bonds. The van der Waals surface area contributed by atoms with Gasteiger partial charge in [-0.05, 0) is 37.5 Å². The van der Waals surface area contributed by atoms with Gasteiger partial charge in [-0.2, -0.15) is 0 Å². The van der Waals surface area contributed by atoms with Gasteiger partial charge in [-0.1, -0.05) is 382 Å². The van der Waals surface area contributed by atoms with Crippen molar-refractivity contribution in [3.8, 4) is 0 Å². The normalized spacial score (nSPS) is 13.9. The van der Waals surface area contributed by atoms with Gasteiger partial charge >= 0.3 is 39.5 Å². The smallest absolute Gasteiger partial charge is 0.462 e. The van der Waals surface area contributed by atoms with Gasteiger partial charge in [-0.15, -0.1) is 0 Å². The van der Waals surface area contributed by atoms with E-state index in [1.54, 1.807) is 0 Å². The molecule has 0 aliphatic rings. The molecule has 0 saturated carbocycles. The molecule has 101 heavy (non-hydrogen) atoms. The Bertz CT molecular complexity index is 1940. The fraction of sp³-hybridized carbons (Fsp3) is 0.951. The lowest BCUT2D eigenvalue weighted by Crippen LogP contribution is -2.30. The summed E-state index contributed by atoms with van der Waals surface area (Å²) in [7, 11) is -9.92. The van der Waals surface area contributed by atoms with Crippen molar-refractivity contribution in [2.45, 2.75) is 452 Å². The number of carbonyl (C=O) groups excluding carboxylic acids is 4. The van der Waals surface area contributed by atoms with E-state index in [2.05, 4.69) is 41.5 Å². The van der Waals surface area contributed by atoms with Gasteiger partial charge in [0.1, 0.15) is 19.3 Å². The Morgan fingerprint density at radius 1 is 0.267 bits per heavy atom. The molecular formula is C82H160O17P2. The monoisotopic (exact) mass is 1480 g/mol. The number of hydrogen-bond acceptors (Lipinski definition) is 15. The Morgan fingerprint density at radius 3 is 0.673 bits per heavy atom. The standard InChI is InChI=1S/C82H160O17P2/c1-7-9-11-13-15-17-19-21-22-29-36-42-48-54-60-66-81(86)98-77(70-92-79(84)64-58-52-46-40-34-26-20-18-16-14-12-10-8-2)72-96-100(88,89)94-68-76(83)69-95-101(90,91)97-73-78(71-93-80(85)65-59-53-47-41-35-31-25-28-33-39-45-51-57-63-75(5)6)99-82(87)67-61-55-49-43-37-30-24-23-27-32-38-44-50-56-62-74(3)4/h74-78,83H,7-73H2,1-6H3,(H,88,89)(H,90,91)/t76-,77+,78+/m0/s1. The molecular weight excluding hydrogens is 1320 g/mol. The Hall–Kier alpha value is -1.94. The quantitative estimate of drug-likeness (QED) is 0.0222. The summed E-state index contributed by atoms with van der Waals surface area (Å²) in [6.45, 7) is 9.70. The lowest BCUT2D eigenvalue weighted by Gasteiger charge is -2.21. The highest BCUT2D eigenvalue weighted by Crippen LogP contribution is 2.45. The molecule has 2 unspecified atom stereocenters. The van der Waals surface area contributed by atoms with E-state index in [1.807, 2.05) is 0 Å². The third-order valence-electron chi connectivity index (χ3n) is 19.2. The molecule has 0 aliphatic heterocycles. The molecule has 5 atom stereocenters. The Morgan fingerprint density at radius 2 is 0.455 bits per heavy atom. The first-order chi connectivity index (χ1) is 48.9. The molecule has 0 spiro atoms. The fourth-order valence-electron chi connectivity index (χ4n) is 12.7. The number of phosphoric ester groups is 2. The third kappa shape index (κ3) is 76.1. The maximum atomic E-state index is 13.1. The molecule has 0 aliphatic carbocycles. The predicted octanol–water partition coefficient (Wildman–Crippen LogP) is 24.7. The minimum Gasteiger partial charge on any atom is -0.462 e. The first-order valence-electron chi connectivity index (χ1n) is 42.5. The van der Waals surface area contributed by atoms with Gasteiger partial charge in [0.05, 0.1) is 26.4 Å². The van der Waals surface area contributed by atoms with Crippen LogP contribution in [0.5, 0.6) is 0 Å². The topological polar surface area (TPSA) is 237 Å². The Balaban J connectivity index is 5.27. The van der Waals surface area contributed by atoms with Gasteiger partial charge in [-0.25, -0.2) is 9.13 Å². The van der Waals surface area contributed by atoms with E-state index < -0.39 is 97.5 Å². The summed E-state index contributed by atoms with van der Waals surface area (Å²) in [4.78, 5) is 73.1. The minimum atomic E-state index is -4.96. The zero-order chi connectivity index (χ0) is 74.2. The molecule has 17 nitrogen and oxygen atoms in total. The highest BCUT2D eigenvalue weighted by molar-refractivity contribution is 7.47. The number of aliphatic hydroxyl groups excluding tert-OH is 1. The van der Waals surface area contributed by atoms with Crippen molar-refractivity contribution in [2.24, 2.45) is 11.8 Å². The Labute approximate surface area is 619 Å². The SMILES string of the molecule is CCCCCCCCCCCCCCCCCC(=O)O[C@H](COC(=O)CCCCCCCCCCCCCCC)COP(=O)(O)OC[C@H](O)COP(=O)(O)OC[C@@H](COC(=O)CCCCCCCCCCCCCCCC(C)C)OC(=O)CCCCCCCCCCCCCCCCC(C)C. The zero-order valence-electron chi connectivity index (χ0n) is 66.2. The van der Waals surface area contributed by atoms with Crippen LogP contribution in [-0.2, 0) is 65.4 Å². The van der Waals surface area contributed by atoms with Crippen molar-refractivity contribution < 1.29 is 80.2 Å². The highest BCUT2D eigenvalue weighted by atomic mass is 31.2. The van der Waals surface area contributed by atoms with Crippen molar-refractivity contribution in [3.05, 3.63) is 0 Å². The van der Waals surface area contributed by atoms with Crippen LogP contribution in [0.25, 0.3) is 0 Å². The molecule has 0 fully saturated rings. The van der Waals surface area contributed by atoms with Crippen LogP contribution in [0.4, 0.5) is 0 Å². The van der Waals surface area contributed by atoms with Gasteiger partial charge in [-0.3, -0.25) is 37.3 Å². The molecule has 0 aromatic rings. The predicted molar refractivity (Wildman–Crippen MR) is 414 cm³/mol. The largest absolute Gasteiger partial charge is 0.472 e. The van der Waals surface area contributed by atoms with Gasteiger partial charge in [0.25, 0.3) is 0 Å². The molecule has 0 saturated heterocycles. The summed E-state index contributed by atoms with van der Waals surface area (Å²) in [6, 6.07) is 0. The average Bonchev–Trinajstić information content (AvgIpc) is 1.06. The van der Waals surface area contributed by atoms with Gasteiger partial charge in [0.2, 0.25) is 0 Å². The summed E-state index contributed by atoms with van der Waals surface area (Å²) in [6.07, 6.45) is 63.6. The molecule has 0 bridgehead atoms. The van der Waals surface area contributed by atoms with Crippen LogP contribution in [0, 0.1) is 11.8 Å². The van der Waals surface area contributed by atoms with E-state index in [9.17, 15) is 43.2 Å². The second-order valence-electron chi connectivity index (χ2n) is 30.5. The van der Waals surface area contributed by atoms with Gasteiger partial charge in [0.15, 0.2) is 12.2 Å². The maximum Gasteiger partial charge on any atom is 0.472 e. The molecule has 19 heteroatoms. The number of rotatable bonds is 81. The van der Waals surface area contributed by atoms with Crippen LogP contribution in [-0.4, -0.2) is 96.7 Å². The minimum absolute atomic E-state index is 0.108. The summed E-state index contributed by atoms with van der Waals surface area (Å²) in [5.74, 6) is -0.517. The average molecular weight is 1480 g/mol. The molecule has 0 radical (unpaired) electrons. The summed E-state index contributed by atoms with van der Waals surface area (Å²) in [5, 5.41) is 10.7. The number of ether oxygens (including phenoxy) is 4. The third-order valence-corrected chi connectivity index (χ3v) is 21.1. The highest BCUT2D eigenvalue weighted by Gasteiger charge is 2.30. The molecule has 0 rings (SSSR count). The molecule has 0 heterocycles. The number of hydrogen-bond donors (Lipinski definition) is 3. The van der Waals surface area contributed by atoms with Crippen molar-refractivity contribution >= 4 is 39.5 Å². The van der Waals surface area contributed by atoms with Crippen LogP contribution in [0.2, 0.25) is 0 Å². The van der Waals surface area contributed by atoms with Crippen LogP contribution in [0.15, 0.2) is 0 Å². The Kier molecular flexibility index (Phi) is 72.2. The maximum absolute atomic E-state index is 13.1. The summed E-state index contributed by atoms with van der Waals surface area (Å²) < 4.78 is 68.8. The summed E-state index contributed by atoms with van der Waals surface area (Å²) >= 11 is 0. The lowest BCUT2D eigenvalue weighted by atomic mass is 10.0. The van der Waals surface area contributed by atoms with Gasteiger partial charge < -0.3 is 33.8 Å². The first-order valence-corrected chi connectivity index (χ1v) is 45.5. The number of esters is 4. The van der Waals surface area contributed by atoms with Crippen molar-refractivity contribution in [2.75, 3.05) is 39.6 Å². The molecule has 0 aromatic heterocycles. The van der Waals surface area contributed by atoms with Gasteiger partial charge in [0, 0.05) is 25.7 Å². The molecule has 0 aromatic carbocycles. The van der Waals surface area contributed by atoms with E-state index >= 15 is 0 Å². The number of unbranched alkanes of at least 4 members (excludes halogenated alkanes) is 51. The number of carbonyl (C=O) groups is 4. The molecule has 3 N–H and O–H groups in total. The van der Waals surface area contributed by atoms with Crippen LogP contribution in [0.1, 0.15) is 433 Å². The summed E-state index contributed by atoms with van der Waals surface area (Å²) in [5.41, 5.74) is 0. The van der Waals surface area contributed by atoms with Crippen molar-refractivity contribution in [1.29, 1.82) is 0 Å². The lowest BCUT2D eigenvalue weighted by molar-refractivity contribution is -0.161. The van der Waals surface area contributed by atoms with E-state index in [-0.39, 0.29) is 25.7 Å². The zero-order valence-corrected chi connectivity index (χ0v) is 68.0. The second kappa shape index (κ2) is 73.6. The first kappa shape index (κ1) is 99.1. The van der Waals surface area contributed by atoms with Crippen molar-refractivity contribution in [1.82, 2.24) is 0 Å². The van der Waals surface area contributed by atoms with E-state index in [1.165, 1.54) is 250 Å². The van der Waals surface area contributed by atoms with E-state index in [0.717, 1.165) is 102 Å².